The van der Waals surface area contributed by atoms with Gasteiger partial charge in [0.05, 0.1) is 0 Å². The predicted octanol–water partition coefficient (Wildman–Crippen LogP) is 2.58. The molecule has 4 nitrogen and oxygen atoms in total. The normalized spacial score (nSPS) is 9.74. The van der Waals surface area contributed by atoms with Crippen LogP contribution < -0.4 is 15.4 Å². The van der Waals surface area contributed by atoms with Crippen LogP contribution in [0.4, 0.5) is 5.82 Å². The molecule has 5 heteroatoms. The van der Waals surface area contributed by atoms with Gasteiger partial charge in [0.25, 0.3) is 0 Å². The van der Waals surface area contributed by atoms with Gasteiger partial charge in [-0.2, -0.15) is 0 Å². The minimum atomic E-state index is 0.494. The van der Waals surface area contributed by atoms with Gasteiger partial charge in [0, 0.05) is 13.2 Å². The molecule has 0 bridgehead atoms. The van der Waals surface area contributed by atoms with Crippen LogP contribution in [0.3, 0.4) is 0 Å². The van der Waals surface area contributed by atoms with Crippen molar-refractivity contribution in [1.29, 1.82) is 0 Å². The zero-order valence-corrected chi connectivity index (χ0v) is 11.4. The van der Waals surface area contributed by atoms with Gasteiger partial charge < -0.3 is 15.4 Å². The van der Waals surface area contributed by atoms with Crippen molar-refractivity contribution in [2.24, 2.45) is 0 Å². The molecule has 19 heavy (non-hydrogen) atoms. The molecule has 0 unspecified atom stereocenters. The Kier molecular flexibility index (Phi) is 4.69. The molecule has 0 radical (unpaired) electrons. The van der Waals surface area contributed by atoms with E-state index >= 15 is 0 Å². The summed E-state index contributed by atoms with van der Waals surface area (Å²) in [6, 6.07) is 13.7. The Morgan fingerprint density at radius 2 is 2.00 bits per heavy atom. The van der Waals surface area contributed by atoms with E-state index in [1.165, 1.54) is 0 Å². The Bertz CT molecular complexity index is 545. The highest BCUT2D eigenvalue weighted by atomic mass is 32.1. The van der Waals surface area contributed by atoms with E-state index < -0.39 is 0 Å². The summed E-state index contributed by atoms with van der Waals surface area (Å²) in [4.78, 5) is 4.22. The smallest absolute Gasteiger partial charge is 0.174 e. The number of thiocarbonyl (C=S) groups is 1. The van der Waals surface area contributed by atoms with Gasteiger partial charge in [0.15, 0.2) is 16.7 Å². The SMILES string of the molecule is CNC(=S)Nc1ncccc1OCc1ccccc1. The number of hydrogen-bond donors (Lipinski definition) is 2. The summed E-state index contributed by atoms with van der Waals surface area (Å²) in [6.45, 7) is 0.494. The van der Waals surface area contributed by atoms with Gasteiger partial charge in [0.1, 0.15) is 6.61 Å². The first-order valence-corrected chi connectivity index (χ1v) is 6.31. The van der Waals surface area contributed by atoms with Crippen LogP contribution in [-0.4, -0.2) is 17.1 Å². The molecule has 1 aromatic heterocycles. The fraction of sp³-hybridized carbons (Fsp3) is 0.143. The number of pyridine rings is 1. The second-order valence-corrected chi connectivity index (χ2v) is 4.24. The van der Waals surface area contributed by atoms with Crippen LogP contribution in [0.2, 0.25) is 0 Å². The van der Waals surface area contributed by atoms with Gasteiger partial charge in [-0.15, -0.1) is 0 Å². The number of ether oxygens (including phenoxy) is 1. The Hall–Kier alpha value is -2.14. The van der Waals surface area contributed by atoms with E-state index in [2.05, 4.69) is 15.6 Å². The van der Waals surface area contributed by atoms with Crippen LogP contribution in [-0.2, 0) is 6.61 Å². The molecule has 0 spiro atoms. The van der Waals surface area contributed by atoms with E-state index in [0.29, 0.717) is 23.3 Å². The first-order chi connectivity index (χ1) is 9.29. The van der Waals surface area contributed by atoms with E-state index in [-0.39, 0.29) is 0 Å². The molecule has 0 atom stereocenters. The lowest BCUT2D eigenvalue weighted by atomic mass is 10.2. The summed E-state index contributed by atoms with van der Waals surface area (Å²) >= 11 is 5.06. The third-order valence-corrected chi connectivity index (χ3v) is 2.77. The number of aromatic nitrogens is 1. The molecular weight excluding hydrogens is 258 g/mol. The second-order valence-electron chi connectivity index (χ2n) is 3.83. The first kappa shape index (κ1) is 13.3. The number of anilines is 1. The van der Waals surface area contributed by atoms with Crippen LogP contribution in [0.25, 0.3) is 0 Å². The standard InChI is InChI=1S/C14H15N3OS/c1-15-14(19)17-13-12(8-5-9-16-13)18-10-11-6-3-2-4-7-11/h2-9H,10H2,1H3,(H2,15,16,17,19). The van der Waals surface area contributed by atoms with Gasteiger partial charge in [0.2, 0.25) is 0 Å². The monoisotopic (exact) mass is 273 g/mol. The lowest BCUT2D eigenvalue weighted by Gasteiger charge is -2.12. The van der Waals surface area contributed by atoms with Gasteiger partial charge in [-0.1, -0.05) is 30.3 Å². The van der Waals surface area contributed by atoms with Crippen LogP contribution in [0, 0.1) is 0 Å². The van der Waals surface area contributed by atoms with E-state index in [1.54, 1.807) is 13.2 Å². The molecule has 2 rings (SSSR count). The zero-order valence-electron chi connectivity index (χ0n) is 10.6. The maximum absolute atomic E-state index is 5.76. The number of nitrogens with zero attached hydrogens (tertiary/aromatic N) is 1. The summed E-state index contributed by atoms with van der Waals surface area (Å²) in [5.74, 6) is 1.28. The molecule has 0 amide bonds. The molecule has 0 aliphatic heterocycles. The summed E-state index contributed by atoms with van der Waals surface area (Å²) < 4.78 is 5.76. The predicted molar refractivity (Wildman–Crippen MR) is 80.3 cm³/mol. The molecule has 2 aromatic rings. The number of hydrogen-bond acceptors (Lipinski definition) is 3. The number of nitrogens with one attached hydrogen (secondary N) is 2. The lowest BCUT2D eigenvalue weighted by Crippen LogP contribution is -2.25. The van der Waals surface area contributed by atoms with Crippen LogP contribution in [0.15, 0.2) is 48.7 Å². The van der Waals surface area contributed by atoms with Crippen molar-refractivity contribution in [3.8, 4) is 5.75 Å². The minimum absolute atomic E-state index is 0.494. The summed E-state index contributed by atoms with van der Waals surface area (Å²) in [5, 5.41) is 6.32. The summed E-state index contributed by atoms with van der Waals surface area (Å²) in [5.41, 5.74) is 1.11. The van der Waals surface area contributed by atoms with Crippen molar-refractivity contribution in [2.45, 2.75) is 6.61 Å². The molecular formula is C14H15N3OS. The lowest BCUT2D eigenvalue weighted by molar-refractivity contribution is 0.307. The molecule has 2 N–H and O–H groups in total. The number of rotatable bonds is 4. The molecule has 0 fully saturated rings. The van der Waals surface area contributed by atoms with Crippen molar-refractivity contribution in [3.63, 3.8) is 0 Å². The van der Waals surface area contributed by atoms with Crippen molar-refractivity contribution in [1.82, 2.24) is 10.3 Å². The highest BCUT2D eigenvalue weighted by Gasteiger charge is 2.05. The maximum atomic E-state index is 5.76. The second kappa shape index (κ2) is 6.70. The van der Waals surface area contributed by atoms with E-state index in [0.717, 1.165) is 5.56 Å². The average Bonchev–Trinajstić information content (AvgIpc) is 2.47. The van der Waals surface area contributed by atoms with E-state index in [9.17, 15) is 0 Å². The van der Waals surface area contributed by atoms with Crippen molar-refractivity contribution in [2.75, 3.05) is 12.4 Å². The highest BCUT2D eigenvalue weighted by molar-refractivity contribution is 7.80. The minimum Gasteiger partial charge on any atom is -0.485 e. The maximum Gasteiger partial charge on any atom is 0.174 e. The van der Waals surface area contributed by atoms with Crippen molar-refractivity contribution >= 4 is 23.1 Å². The first-order valence-electron chi connectivity index (χ1n) is 5.90. The van der Waals surface area contributed by atoms with E-state index in [4.69, 9.17) is 17.0 Å². The molecule has 1 heterocycles. The van der Waals surface area contributed by atoms with Crippen molar-refractivity contribution in [3.05, 3.63) is 54.2 Å². The summed E-state index contributed by atoms with van der Waals surface area (Å²) in [7, 11) is 1.75. The molecule has 0 saturated carbocycles. The Morgan fingerprint density at radius 3 is 2.74 bits per heavy atom. The average molecular weight is 273 g/mol. The fourth-order valence-corrected chi connectivity index (χ4v) is 1.60. The van der Waals surface area contributed by atoms with Gasteiger partial charge >= 0.3 is 0 Å². The molecule has 0 saturated heterocycles. The molecule has 98 valence electrons. The Morgan fingerprint density at radius 1 is 1.21 bits per heavy atom. The third kappa shape index (κ3) is 3.93. The van der Waals surface area contributed by atoms with Crippen LogP contribution in [0.1, 0.15) is 5.56 Å². The quantitative estimate of drug-likeness (QED) is 0.838. The largest absolute Gasteiger partial charge is 0.485 e. The van der Waals surface area contributed by atoms with Gasteiger partial charge in [-0.3, -0.25) is 0 Å². The Balaban J connectivity index is 2.05. The zero-order chi connectivity index (χ0) is 13.5. The summed E-state index contributed by atoms with van der Waals surface area (Å²) in [6.07, 6.45) is 1.69. The number of benzene rings is 1. The topological polar surface area (TPSA) is 46.2 Å². The van der Waals surface area contributed by atoms with Crippen molar-refractivity contribution < 1.29 is 4.74 Å². The molecule has 0 aliphatic carbocycles. The highest BCUT2D eigenvalue weighted by Crippen LogP contribution is 2.21. The molecule has 1 aromatic carbocycles. The molecule has 0 aliphatic rings. The fourth-order valence-electron chi connectivity index (χ4n) is 1.51. The van der Waals surface area contributed by atoms with Gasteiger partial charge in [-0.05, 0) is 29.9 Å². The van der Waals surface area contributed by atoms with Gasteiger partial charge in [-0.25, -0.2) is 4.98 Å². The Labute approximate surface area is 117 Å². The third-order valence-electron chi connectivity index (χ3n) is 2.47. The van der Waals surface area contributed by atoms with E-state index in [1.807, 2.05) is 42.5 Å². The van der Waals surface area contributed by atoms with Crippen LogP contribution in [0.5, 0.6) is 5.75 Å². The van der Waals surface area contributed by atoms with Crippen LogP contribution >= 0.6 is 12.2 Å².